The van der Waals surface area contributed by atoms with Gasteiger partial charge in [0.05, 0.1) is 0 Å². The number of nitrogens with zero attached hydrogens (tertiary/aromatic N) is 3. The van der Waals surface area contributed by atoms with E-state index >= 15 is 0 Å². The maximum atomic E-state index is 12.1. The zero-order chi connectivity index (χ0) is 17.2. The Labute approximate surface area is 143 Å². The number of aliphatic imine (C=N–C) groups is 1. The van der Waals surface area contributed by atoms with Gasteiger partial charge in [-0.2, -0.15) is 0 Å². The maximum Gasteiger partial charge on any atom is 0.322 e. The van der Waals surface area contributed by atoms with Gasteiger partial charge in [-0.25, -0.2) is 4.79 Å². The molecule has 3 amide bonds. The van der Waals surface area contributed by atoms with Gasteiger partial charge < -0.3 is 20.4 Å². The van der Waals surface area contributed by atoms with Crippen LogP contribution >= 0.6 is 0 Å². The number of carbonyl (C=O) groups is 2. The van der Waals surface area contributed by atoms with Crippen LogP contribution in [0.2, 0.25) is 0 Å². The number of amides is 3. The van der Waals surface area contributed by atoms with Crippen molar-refractivity contribution in [3.63, 3.8) is 0 Å². The van der Waals surface area contributed by atoms with Crippen LogP contribution < -0.4 is 16.0 Å². The monoisotopic (exact) mass is 336 g/mol. The van der Waals surface area contributed by atoms with Gasteiger partial charge in [0.25, 0.3) is 5.91 Å². The molecule has 3 N–H and O–H groups in total. The first-order chi connectivity index (χ1) is 11.5. The quantitative estimate of drug-likeness (QED) is 0.369. The number of likely N-dealkylation sites (tertiary alicyclic amines) is 2. The Kier molecular flexibility index (Phi) is 4.93. The Balaban J connectivity index is 1.48. The van der Waals surface area contributed by atoms with Crippen molar-refractivity contribution in [3.05, 3.63) is 0 Å². The average molecular weight is 336 g/mol. The molecule has 0 radical (unpaired) electrons. The molecule has 0 aromatic carbocycles. The van der Waals surface area contributed by atoms with E-state index in [1.807, 2.05) is 14.0 Å². The summed E-state index contributed by atoms with van der Waals surface area (Å²) in [7, 11) is 1.81. The molecule has 8 heteroatoms. The van der Waals surface area contributed by atoms with Crippen molar-refractivity contribution >= 4 is 17.9 Å². The average Bonchev–Trinajstić information content (AvgIpc) is 2.79. The van der Waals surface area contributed by atoms with Crippen molar-refractivity contribution in [3.8, 4) is 0 Å². The van der Waals surface area contributed by atoms with Crippen LogP contribution in [0, 0.1) is 5.92 Å². The molecule has 0 saturated carbocycles. The van der Waals surface area contributed by atoms with Crippen molar-refractivity contribution < 1.29 is 9.59 Å². The maximum absolute atomic E-state index is 12.1. The van der Waals surface area contributed by atoms with E-state index in [1.165, 1.54) is 19.5 Å². The molecule has 0 bridgehead atoms. The lowest BCUT2D eigenvalue weighted by molar-refractivity contribution is -0.125. The van der Waals surface area contributed by atoms with Gasteiger partial charge in [-0.15, -0.1) is 0 Å². The van der Waals surface area contributed by atoms with Gasteiger partial charge in [0.15, 0.2) is 5.96 Å². The number of rotatable bonds is 4. The largest absolute Gasteiger partial charge is 0.355 e. The molecule has 0 spiro atoms. The summed E-state index contributed by atoms with van der Waals surface area (Å²) in [5.41, 5.74) is -0.780. The van der Waals surface area contributed by atoms with E-state index in [9.17, 15) is 9.59 Å². The third-order valence-corrected chi connectivity index (χ3v) is 5.55. The van der Waals surface area contributed by atoms with Gasteiger partial charge in [-0.05, 0) is 45.2 Å². The van der Waals surface area contributed by atoms with E-state index in [0.717, 1.165) is 45.0 Å². The summed E-state index contributed by atoms with van der Waals surface area (Å²) >= 11 is 0. The van der Waals surface area contributed by atoms with Crippen molar-refractivity contribution in [1.29, 1.82) is 0 Å². The molecule has 8 nitrogen and oxygen atoms in total. The van der Waals surface area contributed by atoms with Crippen LogP contribution in [0.5, 0.6) is 0 Å². The first kappa shape index (κ1) is 17.0. The number of piperidine rings is 1. The number of hydrogen-bond donors (Lipinski definition) is 3. The third-order valence-electron chi connectivity index (χ3n) is 5.55. The summed E-state index contributed by atoms with van der Waals surface area (Å²) < 4.78 is 0. The molecule has 3 fully saturated rings. The van der Waals surface area contributed by atoms with Crippen molar-refractivity contribution in [2.24, 2.45) is 10.9 Å². The zero-order valence-electron chi connectivity index (χ0n) is 14.6. The highest BCUT2D eigenvalue weighted by molar-refractivity contribution is 6.07. The van der Waals surface area contributed by atoms with Crippen molar-refractivity contribution in [1.82, 2.24) is 25.8 Å². The highest BCUT2D eigenvalue weighted by Crippen LogP contribution is 2.30. The molecule has 134 valence electrons. The lowest BCUT2D eigenvalue weighted by Gasteiger charge is -2.40. The molecule has 0 aliphatic carbocycles. The predicted molar refractivity (Wildman–Crippen MR) is 91.8 cm³/mol. The van der Waals surface area contributed by atoms with Gasteiger partial charge in [0.1, 0.15) is 5.54 Å². The summed E-state index contributed by atoms with van der Waals surface area (Å²) in [6.45, 7) is 7.88. The van der Waals surface area contributed by atoms with Crippen molar-refractivity contribution in [2.45, 2.75) is 31.7 Å². The Morgan fingerprint density at radius 2 is 2.00 bits per heavy atom. The first-order valence-electron chi connectivity index (χ1n) is 8.84. The SMILES string of the molecule is CN=C(NCCN1CCC1)N1CCC(C2(C)NC(=O)NC2=O)CC1. The minimum atomic E-state index is -0.780. The topological polar surface area (TPSA) is 89.1 Å². The van der Waals surface area contributed by atoms with E-state index in [4.69, 9.17) is 0 Å². The molecule has 3 aliphatic heterocycles. The van der Waals surface area contributed by atoms with Crippen LogP contribution in [0.3, 0.4) is 0 Å². The van der Waals surface area contributed by atoms with Crippen LogP contribution in [0.4, 0.5) is 4.79 Å². The number of hydrogen-bond acceptors (Lipinski definition) is 4. The van der Waals surface area contributed by atoms with Gasteiger partial charge in [0.2, 0.25) is 0 Å². The summed E-state index contributed by atoms with van der Waals surface area (Å²) in [5, 5.41) is 8.59. The summed E-state index contributed by atoms with van der Waals surface area (Å²) in [6.07, 6.45) is 3.03. The minimum Gasteiger partial charge on any atom is -0.355 e. The van der Waals surface area contributed by atoms with Gasteiger partial charge in [-0.1, -0.05) is 0 Å². The van der Waals surface area contributed by atoms with Crippen LogP contribution in [0.25, 0.3) is 0 Å². The smallest absolute Gasteiger partial charge is 0.322 e. The molecule has 3 rings (SSSR count). The second kappa shape index (κ2) is 6.96. The Morgan fingerprint density at radius 3 is 2.50 bits per heavy atom. The number of guanidine groups is 1. The van der Waals surface area contributed by atoms with Crippen LogP contribution in [0.15, 0.2) is 4.99 Å². The van der Waals surface area contributed by atoms with Gasteiger partial charge >= 0.3 is 6.03 Å². The summed E-state index contributed by atoms with van der Waals surface area (Å²) in [6, 6.07) is -0.381. The molecule has 1 unspecified atom stereocenters. The summed E-state index contributed by atoms with van der Waals surface area (Å²) in [4.78, 5) is 32.6. The second-order valence-electron chi connectivity index (χ2n) is 7.04. The number of urea groups is 1. The molecule has 3 aliphatic rings. The predicted octanol–water partition coefficient (Wildman–Crippen LogP) is -0.422. The molecule has 0 aromatic heterocycles. The molecular formula is C16H28N6O2. The fraction of sp³-hybridized carbons (Fsp3) is 0.812. The highest BCUT2D eigenvalue weighted by Gasteiger charge is 2.48. The lowest BCUT2D eigenvalue weighted by Crippen LogP contribution is -2.55. The Morgan fingerprint density at radius 1 is 1.29 bits per heavy atom. The molecule has 3 heterocycles. The second-order valence-corrected chi connectivity index (χ2v) is 7.04. The van der Waals surface area contributed by atoms with Crippen LogP contribution in [-0.2, 0) is 4.79 Å². The van der Waals surface area contributed by atoms with E-state index in [2.05, 4.69) is 30.7 Å². The Hall–Kier alpha value is -1.83. The molecule has 0 aromatic rings. The van der Waals surface area contributed by atoms with E-state index in [0.29, 0.717) is 0 Å². The molecule has 24 heavy (non-hydrogen) atoms. The number of nitrogens with one attached hydrogen (secondary N) is 3. The number of imide groups is 1. The molecular weight excluding hydrogens is 308 g/mol. The minimum absolute atomic E-state index is 0.152. The first-order valence-corrected chi connectivity index (χ1v) is 8.84. The van der Waals surface area contributed by atoms with Crippen molar-refractivity contribution in [2.75, 3.05) is 46.3 Å². The lowest BCUT2D eigenvalue weighted by atomic mass is 9.79. The third kappa shape index (κ3) is 3.33. The molecule has 3 saturated heterocycles. The standard InChI is InChI=1S/C16H28N6O2/c1-16(13(23)19-15(24)20-16)12-4-9-22(10-5-12)14(17-2)18-6-11-21-7-3-8-21/h12H,3-11H2,1-2H3,(H,17,18)(H2,19,20,23,24). The highest BCUT2D eigenvalue weighted by atomic mass is 16.2. The zero-order valence-corrected chi connectivity index (χ0v) is 14.6. The normalized spacial score (nSPS) is 29.2. The summed E-state index contributed by atoms with van der Waals surface area (Å²) in [5.74, 6) is 0.876. The molecule has 1 atom stereocenters. The fourth-order valence-corrected chi connectivity index (χ4v) is 3.78. The van der Waals surface area contributed by atoms with Gasteiger partial charge in [0, 0.05) is 33.2 Å². The van der Waals surface area contributed by atoms with Crippen LogP contribution in [0.1, 0.15) is 26.2 Å². The Bertz CT molecular complexity index is 525. The number of carbonyl (C=O) groups excluding carboxylic acids is 2. The van der Waals surface area contributed by atoms with E-state index in [1.54, 1.807) is 0 Å². The van der Waals surface area contributed by atoms with Gasteiger partial charge in [-0.3, -0.25) is 15.1 Å². The fourth-order valence-electron chi connectivity index (χ4n) is 3.78. The van der Waals surface area contributed by atoms with E-state index < -0.39 is 5.54 Å². The van der Waals surface area contributed by atoms with E-state index in [-0.39, 0.29) is 17.9 Å². The van der Waals surface area contributed by atoms with Crippen LogP contribution in [-0.4, -0.2) is 79.6 Å².